The first-order chi connectivity index (χ1) is 13.0. The Bertz CT molecular complexity index is 923. The second-order valence-corrected chi connectivity index (χ2v) is 7.51. The van der Waals surface area contributed by atoms with E-state index in [1.807, 2.05) is 56.3 Å². The van der Waals surface area contributed by atoms with Crippen molar-refractivity contribution in [2.75, 3.05) is 12.3 Å². The number of para-hydroxylation sites is 1. The zero-order valence-corrected chi connectivity index (χ0v) is 16.7. The topological polar surface area (TPSA) is 72.7 Å². The number of halogens is 1. The van der Waals surface area contributed by atoms with E-state index in [4.69, 9.17) is 11.6 Å². The summed E-state index contributed by atoms with van der Waals surface area (Å²) in [5.74, 6) is 0.194. The molecule has 0 bridgehead atoms. The largest absolute Gasteiger partial charge is 0.355 e. The highest BCUT2D eigenvalue weighted by Crippen LogP contribution is 2.23. The van der Waals surface area contributed by atoms with Crippen LogP contribution in [0.1, 0.15) is 16.7 Å². The van der Waals surface area contributed by atoms with Gasteiger partial charge in [-0.25, -0.2) is 0 Å². The van der Waals surface area contributed by atoms with E-state index in [1.54, 1.807) is 4.68 Å². The van der Waals surface area contributed by atoms with E-state index in [0.29, 0.717) is 16.7 Å². The molecule has 0 aliphatic carbocycles. The number of aromatic nitrogens is 4. The summed E-state index contributed by atoms with van der Waals surface area (Å²) < 4.78 is 1.69. The first kappa shape index (κ1) is 19.4. The Morgan fingerprint density at radius 1 is 1.19 bits per heavy atom. The van der Waals surface area contributed by atoms with Gasteiger partial charge in [0.2, 0.25) is 11.1 Å². The third-order valence-corrected chi connectivity index (χ3v) is 5.20. The van der Waals surface area contributed by atoms with Crippen molar-refractivity contribution in [3.63, 3.8) is 0 Å². The van der Waals surface area contributed by atoms with Gasteiger partial charge < -0.3 is 5.32 Å². The van der Waals surface area contributed by atoms with Crippen LogP contribution in [-0.2, 0) is 11.2 Å². The second-order valence-electron chi connectivity index (χ2n) is 6.13. The number of carbonyl (C=O) groups excluding carboxylic acids is 1. The van der Waals surface area contributed by atoms with Crippen molar-refractivity contribution in [2.24, 2.45) is 0 Å². The monoisotopic (exact) mass is 401 g/mol. The Hall–Kier alpha value is -2.38. The lowest BCUT2D eigenvalue weighted by molar-refractivity contribution is -0.118. The van der Waals surface area contributed by atoms with Gasteiger partial charge in [0.15, 0.2) is 0 Å². The number of hydrogen-bond acceptors (Lipinski definition) is 5. The van der Waals surface area contributed by atoms with E-state index in [2.05, 4.69) is 20.8 Å². The molecule has 0 unspecified atom stereocenters. The van der Waals surface area contributed by atoms with Gasteiger partial charge in [-0.15, -0.1) is 5.10 Å². The highest BCUT2D eigenvalue weighted by Gasteiger charge is 2.14. The fourth-order valence-electron chi connectivity index (χ4n) is 2.77. The molecular formula is C19H20ClN5OS. The first-order valence-electron chi connectivity index (χ1n) is 8.53. The Morgan fingerprint density at radius 2 is 1.93 bits per heavy atom. The average Bonchev–Trinajstić information content (AvgIpc) is 3.08. The molecule has 1 aromatic heterocycles. The number of thioether (sulfide) groups is 1. The van der Waals surface area contributed by atoms with Crippen molar-refractivity contribution in [1.82, 2.24) is 25.5 Å². The van der Waals surface area contributed by atoms with Crippen molar-refractivity contribution < 1.29 is 4.79 Å². The normalized spacial score (nSPS) is 10.8. The number of hydrogen-bond donors (Lipinski definition) is 1. The molecule has 2 aromatic carbocycles. The molecule has 3 rings (SSSR count). The van der Waals surface area contributed by atoms with E-state index in [0.717, 1.165) is 28.8 Å². The molecule has 0 aliphatic rings. The molecular weight excluding hydrogens is 382 g/mol. The van der Waals surface area contributed by atoms with Gasteiger partial charge in [-0.2, -0.15) is 4.68 Å². The molecule has 27 heavy (non-hydrogen) atoms. The lowest BCUT2D eigenvalue weighted by Gasteiger charge is -2.10. The second kappa shape index (κ2) is 9.01. The lowest BCUT2D eigenvalue weighted by Crippen LogP contribution is -2.27. The highest BCUT2D eigenvalue weighted by atomic mass is 35.5. The molecule has 0 saturated heterocycles. The molecule has 0 saturated carbocycles. The Balaban J connectivity index is 1.55. The van der Waals surface area contributed by atoms with Gasteiger partial charge in [-0.1, -0.05) is 53.7 Å². The molecule has 1 heterocycles. The van der Waals surface area contributed by atoms with Crippen LogP contribution >= 0.6 is 23.4 Å². The van der Waals surface area contributed by atoms with Gasteiger partial charge in [-0.05, 0) is 59.5 Å². The lowest BCUT2D eigenvalue weighted by atomic mass is 10.1. The van der Waals surface area contributed by atoms with Crippen LogP contribution in [0.2, 0.25) is 5.02 Å². The minimum absolute atomic E-state index is 0.0573. The molecule has 8 heteroatoms. The van der Waals surface area contributed by atoms with Gasteiger partial charge in [-0.3, -0.25) is 4.79 Å². The molecule has 6 nitrogen and oxygen atoms in total. The molecule has 0 radical (unpaired) electrons. The van der Waals surface area contributed by atoms with Gasteiger partial charge in [0.1, 0.15) is 0 Å². The van der Waals surface area contributed by atoms with Crippen LogP contribution in [0.4, 0.5) is 0 Å². The number of rotatable bonds is 7. The van der Waals surface area contributed by atoms with E-state index in [-0.39, 0.29) is 11.7 Å². The predicted molar refractivity (Wildman–Crippen MR) is 108 cm³/mol. The molecule has 3 aromatic rings. The van der Waals surface area contributed by atoms with E-state index >= 15 is 0 Å². The van der Waals surface area contributed by atoms with Crippen LogP contribution in [0.15, 0.2) is 47.6 Å². The van der Waals surface area contributed by atoms with Crippen LogP contribution < -0.4 is 5.32 Å². The number of nitrogens with zero attached hydrogens (tertiary/aromatic N) is 4. The SMILES string of the molecule is Cc1cccc(C)c1-n1nnnc1SCC(=O)NCCc1cccc(Cl)c1. The summed E-state index contributed by atoms with van der Waals surface area (Å²) in [5.41, 5.74) is 4.20. The summed E-state index contributed by atoms with van der Waals surface area (Å²) in [5, 5.41) is 16.1. The predicted octanol–water partition coefficient (Wildman–Crippen LogP) is 3.38. The zero-order chi connectivity index (χ0) is 19.2. The van der Waals surface area contributed by atoms with Crippen molar-refractivity contribution in [3.05, 3.63) is 64.2 Å². The summed E-state index contributed by atoms with van der Waals surface area (Å²) in [6.45, 7) is 4.59. The number of nitrogens with one attached hydrogen (secondary N) is 1. The average molecular weight is 402 g/mol. The standard InChI is InChI=1S/C19H20ClN5OS/c1-13-5-3-6-14(2)18(13)25-19(22-23-24-25)27-12-17(26)21-10-9-15-7-4-8-16(20)11-15/h3-8,11H,9-10,12H2,1-2H3,(H,21,26). The maximum atomic E-state index is 12.1. The molecule has 0 aliphatic heterocycles. The Morgan fingerprint density at radius 3 is 2.67 bits per heavy atom. The molecule has 0 fully saturated rings. The third-order valence-electron chi connectivity index (χ3n) is 4.05. The van der Waals surface area contributed by atoms with Gasteiger partial charge >= 0.3 is 0 Å². The summed E-state index contributed by atoms with van der Waals surface area (Å²) in [7, 11) is 0. The fourth-order valence-corrected chi connectivity index (χ4v) is 3.69. The summed E-state index contributed by atoms with van der Waals surface area (Å²) >= 11 is 7.29. The Labute approximate surface area is 167 Å². The summed E-state index contributed by atoms with van der Waals surface area (Å²) in [6, 6.07) is 13.7. The fraction of sp³-hybridized carbons (Fsp3) is 0.263. The van der Waals surface area contributed by atoms with Crippen molar-refractivity contribution >= 4 is 29.3 Å². The molecule has 1 N–H and O–H groups in total. The molecule has 0 atom stereocenters. The van der Waals surface area contributed by atoms with Gasteiger partial charge in [0, 0.05) is 11.6 Å². The number of carbonyl (C=O) groups is 1. The van der Waals surface area contributed by atoms with Crippen LogP contribution in [0.5, 0.6) is 0 Å². The number of amides is 1. The smallest absolute Gasteiger partial charge is 0.230 e. The van der Waals surface area contributed by atoms with Crippen LogP contribution in [0.3, 0.4) is 0 Å². The maximum absolute atomic E-state index is 12.1. The van der Waals surface area contributed by atoms with Crippen molar-refractivity contribution in [1.29, 1.82) is 0 Å². The minimum atomic E-state index is -0.0573. The number of benzene rings is 2. The molecule has 140 valence electrons. The van der Waals surface area contributed by atoms with E-state index in [9.17, 15) is 4.79 Å². The van der Waals surface area contributed by atoms with Gasteiger partial charge in [0.05, 0.1) is 11.4 Å². The maximum Gasteiger partial charge on any atom is 0.230 e. The van der Waals surface area contributed by atoms with E-state index < -0.39 is 0 Å². The zero-order valence-electron chi connectivity index (χ0n) is 15.1. The quantitative estimate of drug-likeness (QED) is 0.614. The molecule has 0 spiro atoms. The first-order valence-corrected chi connectivity index (χ1v) is 9.90. The van der Waals surface area contributed by atoms with Crippen LogP contribution in [-0.4, -0.2) is 38.4 Å². The number of tetrazole rings is 1. The van der Waals surface area contributed by atoms with Crippen molar-refractivity contribution in [2.45, 2.75) is 25.4 Å². The Kier molecular flexibility index (Phi) is 6.47. The van der Waals surface area contributed by atoms with Crippen LogP contribution in [0, 0.1) is 13.8 Å². The highest BCUT2D eigenvalue weighted by molar-refractivity contribution is 7.99. The third kappa shape index (κ3) is 5.08. The minimum Gasteiger partial charge on any atom is -0.355 e. The van der Waals surface area contributed by atoms with Gasteiger partial charge in [0.25, 0.3) is 0 Å². The van der Waals surface area contributed by atoms with Crippen molar-refractivity contribution in [3.8, 4) is 5.69 Å². The number of aryl methyl sites for hydroxylation is 2. The van der Waals surface area contributed by atoms with E-state index in [1.165, 1.54) is 11.8 Å². The molecule has 1 amide bonds. The summed E-state index contributed by atoms with van der Waals surface area (Å²) in [4.78, 5) is 12.1. The summed E-state index contributed by atoms with van der Waals surface area (Å²) in [6.07, 6.45) is 0.733. The van der Waals surface area contributed by atoms with Crippen LogP contribution in [0.25, 0.3) is 5.69 Å².